The molecule has 0 saturated carbocycles. The van der Waals surface area contributed by atoms with Crippen LogP contribution in [0.4, 0.5) is 0 Å². The molecule has 1 aromatic carbocycles. The topological polar surface area (TPSA) is 49.2 Å². The summed E-state index contributed by atoms with van der Waals surface area (Å²) in [5.74, 6) is 0.597. The number of hydrogen-bond acceptors (Lipinski definition) is 4. The quantitative estimate of drug-likeness (QED) is 0.607. The van der Waals surface area contributed by atoms with E-state index in [1.165, 1.54) is 6.42 Å². The third-order valence-electron chi connectivity index (χ3n) is 4.97. The maximum Gasteiger partial charge on any atom is 0.223 e. The van der Waals surface area contributed by atoms with E-state index in [1.54, 1.807) is 6.07 Å². The number of ether oxygens (including phenoxy) is 2. The number of benzene rings is 1. The molecular formula is C20H18ClN3O2. The summed E-state index contributed by atoms with van der Waals surface area (Å²) in [5, 5.41) is 4.96. The van der Waals surface area contributed by atoms with Crippen molar-refractivity contribution >= 4 is 11.6 Å². The van der Waals surface area contributed by atoms with Gasteiger partial charge in [-0.3, -0.25) is 0 Å². The summed E-state index contributed by atoms with van der Waals surface area (Å²) in [4.78, 5) is 4.26. The Bertz CT molecular complexity index is 963. The van der Waals surface area contributed by atoms with Gasteiger partial charge in [0.1, 0.15) is 18.0 Å². The lowest BCUT2D eigenvalue weighted by Crippen LogP contribution is -2.18. The van der Waals surface area contributed by atoms with Gasteiger partial charge in [-0.05, 0) is 54.2 Å². The Morgan fingerprint density at radius 2 is 2.00 bits per heavy atom. The van der Waals surface area contributed by atoms with Gasteiger partial charge in [-0.15, -0.1) is 0 Å². The average molecular weight is 368 g/mol. The van der Waals surface area contributed by atoms with Gasteiger partial charge < -0.3 is 9.47 Å². The van der Waals surface area contributed by atoms with Gasteiger partial charge in [0, 0.05) is 23.9 Å². The Hall–Kier alpha value is -2.37. The molecule has 1 fully saturated rings. The second-order valence-corrected chi connectivity index (χ2v) is 7.06. The maximum absolute atomic E-state index is 5.96. The number of aromatic nitrogens is 3. The smallest absolute Gasteiger partial charge is 0.223 e. The Morgan fingerprint density at radius 1 is 1.08 bits per heavy atom. The van der Waals surface area contributed by atoms with Gasteiger partial charge in [0.2, 0.25) is 5.88 Å². The van der Waals surface area contributed by atoms with E-state index < -0.39 is 0 Å². The fourth-order valence-electron chi connectivity index (χ4n) is 3.61. The molecule has 26 heavy (non-hydrogen) atoms. The Labute approximate surface area is 156 Å². The monoisotopic (exact) mass is 367 g/mol. The lowest BCUT2D eigenvalue weighted by atomic mass is 9.95. The molecule has 0 aliphatic carbocycles. The van der Waals surface area contributed by atoms with Gasteiger partial charge in [-0.2, -0.15) is 5.10 Å². The summed E-state index contributed by atoms with van der Waals surface area (Å²) in [5.41, 5.74) is 5.47. The largest absolute Gasteiger partial charge is 0.472 e. The lowest BCUT2D eigenvalue weighted by Gasteiger charge is -2.22. The lowest BCUT2D eigenvalue weighted by molar-refractivity contribution is -0.0394. The number of rotatable bonds is 2. The molecule has 2 aliphatic heterocycles. The average Bonchev–Trinajstić information content (AvgIpc) is 3.18. The van der Waals surface area contributed by atoms with Crippen molar-refractivity contribution in [3.63, 3.8) is 0 Å². The fraction of sp³-hybridized carbons (Fsp3) is 0.300. The molecule has 0 radical (unpaired) electrons. The summed E-state index contributed by atoms with van der Waals surface area (Å²) in [6.07, 6.45) is 7.37. The molecule has 0 N–H and O–H groups in total. The first-order valence-electron chi connectivity index (χ1n) is 8.87. The number of halogens is 1. The van der Waals surface area contributed by atoms with Crippen LogP contribution >= 0.6 is 11.6 Å². The highest BCUT2D eigenvalue weighted by Crippen LogP contribution is 2.38. The van der Waals surface area contributed by atoms with E-state index in [2.05, 4.69) is 34.5 Å². The van der Waals surface area contributed by atoms with Crippen LogP contribution in [-0.4, -0.2) is 21.4 Å². The Kier molecular flexibility index (Phi) is 3.91. The maximum atomic E-state index is 5.96. The molecular weight excluding hydrogens is 350 g/mol. The van der Waals surface area contributed by atoms with Crippen LogP contribution in [0, 0.1) is 0 Å². The highest BCUT2D eigenvalue weighted by Gasteiger charge is 2.20. The van der Waals surface area contributed by atoms with Crippen molar-refractivity contribution in [1.29, 1.82) is 0 Å². The molecule has 5 rings (SSSR count). The second-order valence-electron chi connectivity index (χ2n) is 6.68. The number of hydrogen-bond donors (Lipinski definition) is 0. The molecule has 4 heterocycles. The molecule has 0 spiro atoms. The minimum Gasteiger partial charge on any atom is -0.472 e. The normalized spacial score (nSPS) is 18.7. The van der Waals surface area contributed by atoms with Crippen molar-refractivity contribution in [3.8, 4) is 28.1 Å². The number of pyridine rings is 1. The molecule has 6 heteroatoms. The summed E-state index contributed by atoms with van der Waals surface area (Å²) < 4.78 is 13.5. The van der Waals surface area contributed by atoms with Crippen molar-refractivity contribution in [3.05, 3.63) is 53.4 Å². The number of nitrogens with zero attached hydrogens (tertiary/aromatic N) is 3. The van der Waals surface area contributed by atoms with Gasteiger partial charge in [0.25, 0.3) is 0 Å². The first-order chi connectivity index (χ1) is 12.8. The van der Waals surface area contributed by atoms with Crippen molar-refractivity contribution in [1.82, 2.24) is 14.8 Å². The molecule has 132 valence electrons. The molecule has 5 nitrogen and oxygen atoms in total. The van der Waals surface area contributed by atoms with E-state index in [-0.39, 0.29) is 6.23 Å². The second kappa shape index (κ2) is 6.41. The van der Waals surface area contributed by atoms with Crippen LogP contribution in [0.1, 0.15) is 31.1 Å². The fourth-order valence-corrected chi connectivity index (χ4v) is 3.75. The van der Waals surface area contributed by atoms with E-state index >= 15 is 0 Å². The van der Waals surface area contributed by atoms with Gasteiger partial charge >= 0.3 is 0 Å². The predicted octanol–water partition coefficient (Wildman–Crippen LogP) is 4.86. The Balaban J connectivity index is 1.47. The molecule has 0 amide bonds. The molecule has 1 unspecified atom stereocenters. The zero-order valence-electron chi connectivity index (χ0n) is 14.2. The van der Waals surface area contributed by atoms with Crippen LogP contribution in [0.5, 0.6) is 5.88 Å². The summed E-state index contributed by atoms with van der Waals surface area (Å²) in [6, 6.07) is 10.2. The first-order valence-corrected chi connectivity index (χ1v) is 9.24. The molecule has 2 aromatic heterocycles. The summed E-state index contributed by atoms with van der Waals surface area (Å²) >= 11 is 5.96. The summed E-state index contributed by atoms with van der Waals surface area (Å²) in [7, 11) is 0. The van der Waals surface area contributed by atoms with Crippen LogP contribution in [-0.2, 0) is 11.3 Å². The van der Waals surface area contributed by atoms with Crippen molar-refractivity contribution < 1.29 is 9.47 Å². The van der Waals surface area contributed by atoms with E-state index in [0.29, 0.717) is 17.6 Å². The van der Waals surface area contributed by atoms with E-state index in [4.69, 9.17) is 21.1 Å². The highest BCUT2D eigenvalue weighted by atomic mass is 35.5. The van der Waals surface area contributed by atoms with Gasteiger partial charge in [-0.25, -0.2) is 9.67 Å². The minimum absolute atomic E-state index is 0.0566. The standard InChI is InChI=1S/C20H18ClN3O2/c21-18-7-6-17-16-5-4-13(9-14(16)12-26-20(17)23-18)15-10-22-24(11-15)19-3-1-2-8-25-19/h4-7,9-11,19H,1-3,8,12H2. The van der Waals surface area contributed by atoms with Crippen LogP contribution in [0.15, 0.2) is 42.7 Å². The number of fused-ring (bicyclic) bond motifs is 3. The van der Waals surface area contributed by atoms with Crippen molar-refractivity contribution in [2.75, 3.05) is 6.61 Å². The summed E-state index contributed by atoms with van der Waals surface area (Å²) in [6.45, 7) is 1.30. The predicted molar refractivity (Wildman–Crippen MR) is 99.1 cm³/mol. The van der Waals surface area contributed by atoms with Crippen LogP contribution < -0.4 is 4.74 Å². The molecule has 3 aromatic rings. The zero-order chi connectivity index (χ0) is 17.5. The molecule has 1 atom stereocenters. The first kappa shape index (κ1) is 15.9. The molecule has 1 saturated heterocycles. The molecule has 0 bridgehead atoms. The van der Waals surface area contributed by atoms with Crippen LogP contribution in [0.3, 0.4) is 0 Å². The van der Waals surface area contributed by atoms with Gasteiger partial charge in [-0.1, -0.05) is 23.7 Å². The van der Waals surface area contributed by atoms with Crippen molar-refractivity contribution in [2.24, 2.45) is 0 Å². The molecule has 2 aliphatic rings. The van der Waals surface area contributed by atoms with E-state index in [9.17, 15) is 0 Å². The van der Waals surface area contributed by atoms with E-state index in [1.807, 2.05) is 16.9 Å². The van der Waals surface area contributed by atoms with Crippen molar-refractivity contribution in [2.45, 2.75) is 32.1 Å². The highest BCUT2D eigenvalue weighted by molar-refractivity contribution is 6.29. The van der Waals surface area contributed by atoms with Crippen LogP contribution in [0.2, 0.25) is 5.15 Å². The minimum atomic E-state index is 0.0566. The third kappa shape index (κ3) is 2.77. The third-order valence-corrected chi connectivity index (χ3v) is 5.18. The van der Waals surface area contributed by atoms with E-state index in [0.717, 1.165) is 47.3 Å². The van der Waals surface area contributed by atoms with Crippen LogP contribution in [0.25, 0.3) is 22.3 Å². The SMILES string of the molecule is Clc1ccc2c(n1)OCc1cc(-c3cnn(C4CCCCO4)c3)ccc1-2. The zero-order valence-corrected chi connectivity index (χ0v) is 14.9. The van der Waals surface area contributed by atoms with Gasteiger partial charge in [0.05, 0.1) is 6.20 Å². The van der Waals surface area contributed by atoms with Gasteiger partial charge in [0.15, 0.2) is 0 Å². The Morgan fingerprint density at radius 3 is 2.88 bits per heavy atom.